The van der Waals surface area contributed by atoms with E-state index in [0.717, 1.165) is 0 Å². The highest BCUT2D eigenvalue weighted by Gasteiger charge is 2.41. The normalized spacial score (nSPS) is 16.0. The lowest BCUT2D eigenvalue weighted by Gasteiger charge is -2.31. The average Bonchev–Trinajstić information content (AvgIpc) is 3.04. The van der Waals surface area contributed by atoms with Crippen LogP contribution in [0.2, 0.25) is 0 Å². The summed E-state index contributed by atoms with van der Waals surface area (Å²) in [5, 5.41) is 18.8. The molecule has 0 fully saturated rings. The van der Waals surface area contributed by atoms with Crippen LogP contribution in [0.15, 0.2) is 40.8 Å². The van der Waals surface area contributed by atoms with Crippen LogP contribution in [0.4, 0.5) is 4.39 Å². The Kier molecular flexibility index (Phi) is 4.45. The predicted molar refractivity (Wildman–Crippen MR) is 97.8 cm³/mol. The number of carbonyl (C=O) groups is 1. The van der Waals surface area contributed by atoms with Gasteiger partial charge in [0.1, 0.15) is 36.3 Å². The Bertz CT molecular complexity index is 1070. The van der Waals surface area contributed by atoms with E-state index in [4.69, 9.17) is 14.3 Å². The zero-order chi connectivity index (χ0) is 20.1. The topological polar surface area (TPSA) is 89.1 Å². The summed E-state index contributed by atoms with van der Waals surface area (Å²) in [4.78, 5) is 13.1. The lowest BCUT2D eigenvalue weighted by molar-refractivity contribution is -0.163. The van der Waals surface area contributed by atoms with Gasteiger partial charge >= 0.3 is 0 Å². The number of rotatable bonds is 5. The summed E-state index contributed by atoms with van der Waals surface area (Å²) in [5.41, 5.74) is 1.35. The van der Waals surface area contributed by atoms with Gasteiger partial charge in [-0.05, 0) is 49.7 Å². The van der Waals surface area contributed by atoms with Crippen molar-refractivity contribution < 1.29 is 33.3 Å². The van der Waals surface area contributed by atoms with Crippen LogP contribution in [-0.2, 0) is 10.2 Å². The van der Waals surface area contributed by atoms with Gasteiger partial charge in [0.15, 0.2) is 12.1 Å². The van der Waals surface area contributed by atoms with E-state index in [2.05, 4.69) is 4.74 Å². The van der Waals surface area contributed by atoms with Crippen molar-refractivity contribution in [1.29, 1.82) is 0 Å². The fourth-order valence-electron chi connectivity index (χ4n) is 3.62. The van der Waals surface area contributed by atoms with E-state index in [1.165, 1.54) is 12.1 Å². The van der Waals surface area contributed by atoms with E-state index in [9.17, 15) is 14.3 Å². The average molecular weight is 386 g/mol. The molecule has 2 aromatic carbocycles. The SMILES string of the molecule is CC1(C)c2cc(OC[C@@H](O)OCO)ccc2C(=O)c2c1oc1cc(F)ccc21. The van der Waals surface area contributed by atoms with Gasteiger partial charge in [-0.3, -0.25) is 4.79 Å². The molecule has 1 aliphatic rings. The Morgan fingerprint density at radius 2 is 2.00 bits per heavy atom. The van der Waals surface area contributed by atoms with E-state index in [0.29, 0.717) is 39.2 Å². The third kappa shape index (κ3) is 2.88. The van der Waals surface area contributed by atoms with Gasteiger partial charge in [-0.15, -0.1) is 0 Å². The van der Waals surface area contributed by atoms with Crippen LogP contribution in [0.1, 0.15) is 41.1 Å². The van der Waals surface area contributed by atoms with Gasteiger partial charge < -0.3 is 24.1 Å². The number of benzene rings is 2. The minimum atomic E-state index is -1.27. The number of halogens is 1. The molecule has 0 saturated heterocycles. The first-order chi connectivity index (χ1) is 13.3. The molecule has 0 bridgehead atoms. The van der Waals surface area contributed by atoms with Crippen molar-refractivity contribution >= 4 is 16.8 Å². The van der Waals surface area contributed by atoms with Crippen molar-refractivity contribution in [2.24, 2.45) is 0 Å². The van der Waals surface area contributed by atoms with Crippen molar-refractivity contribution in [3.8, 4) is 5.75 Å². The molecule has 0 amide bonds. The maximum atomic E-state index is 13.6. The van der Waals surface area contributed by atoms with Crippen LogP contribution in [-0.4, -0.2) is 35.7 Å². The molecule has 1 heterocycles. The molecular formula is C21H19FO6. The first-order valence-corrected chi connectivity index (χ1v) is 8.78. The minimum absolute atomic E-state index is 0.178. The number of furan rings is 1. The molecule has 6 nitrogen and oxygen atoms in total. The molecule has 0 radical (unpaired) electrons. The summed E-state index contributed by atoms with van der Waals surface area (Å²) in [6.07, 6.45) is -1.27. The quantitative estimate of drug-likeness (QED) is 0.655. The number of aliphatic hydroxyl groups excluding tert-OH is 2. The number of hydrogen-bond donors (Lipinski definition) is 2. The summed E-state index contributed by atoms with van der Waals surface area (Å²) < 4.78 is 29.6. The Labute approximate surface area is 160 Å². The molecule has 1 aromatic heterocycles. The molecule has 28 heavy (non-hydrogen) atoms. The summed E-state index contributed by atoms with van der Waals surface area (Å²) in [5.74, 6) is 0.294. The Morgan fingerprint density at radius 3 is 2.75 bits per heavy atom. The fourth-order valence-corrected chi connectivity index (χ4v) is 3.62. The van der Waals surface area contributed by atoms with Crippen LogP contribution in [0.25, 0.3) is 11.0 Å². The van der Waals surface area contributed by atoms with Crippen molar-refractivity contribution in [1.82, 2.24) is 0 Å². The number of carbonyl (C=O) groups excluding carboxylic acids is 1. The molecule has 0 unspecified atom stereocenters. The van der Waals surface area contributed by atoms with Crippen molar-refractivity contribution in [3.05, 3.63) is 64.7 Å². The lowest BCUT2D eigenvalue weighted by atomic mass is 9.72. The van der Waals surface area contributed by atoms with Gasteiger partial charge in [-0.1, -0.05) is 0 Å². The zero-order valence-corrected chi connectivity index (χ0v) is 15.4. The highest BCUT2D eigenvalue weighted by molar-refractivity contribution is 6.19. The van der Waals surface area contributed by atoms with Crippen LogP contribution >= 0.6 is 0 Å². The van der Waals surface area contributed by atoms with Crippen LogP contribution < -0.4 is 4.74 Å². The molecule has 0 saturated carbocycles. The van der Waals surface area contributed by atoms with Crippen molar-refractivity contribution in [2.75, 3.05) is 13.4 Å². The summed E-state index contributed by atoms with van der Waals surface area (Å²) in [7, 11) is 0. The van der Waals surface area contributed by atoms with Gasteiger partial charge in [-0.25, -0.2) is 4.39 Å². The smallest absolute Gasteiger partial charge is 0.197 e. The van der Waals surface area contributed by atoms with Crippen molar-refractivity contribution in [2.45, 2.75) is 25.6 Å². The molecule has 0 aliphatic heterocycles. The molecule has 3 aromatic rings. The molecule has 1 aliphatic carbocycles. The molecular weight excluding hydrogens is 367 g/mol. The Morgan fingerprint density at radius 1 is 1.21 bits per heavy atom. The van der Waals surface area contributed by atoms with Gasteiger partial charge in [0.2, 0.25) is 0 Å². The van der Waals surface area contributed by atoms with Crippen LogP contribution in [0, 0.1) is 5.82 Å². The van der Waals surface area contributed by atoms with Gasteiger partial charge in [0, 0.05) is 22.4 Å². The number of aliphatic hydroxyl groups is 2. The van der Waals surface area contributed by atoms with E-state index in [1.807, 2.05) is 13.8 Å². The molecule has 4 rings (SSSR count). The van der Waals surface area contributed by atoms with E-state index in [1.54, 1.807) is 24.3 Å². The largest absolute Gasteiger partial charge is 0.488 e. The number of fused-ring (bicyclic) bond motifs is 4. The molecule has 7 heteroatoms. The highest BCUT2D eigenvalue weighted by atomic mass is 19.1. The second-order valence-electron chi connectivity index (χ2n) is 7.17. The molecule has 1 atom stereocenters. The Balaban J connectivity index is 1.77. The first-order valence-electron chi connectivity index (χ1n) is 8.78. The van der Waals surface area contributed by atoms with Gasteiger partial charge in [-0.2, -0.15) is 0 Å². The first kappa shape index (κ1) is 18.6. The van der Waals surface area contributed by atoms with Crippen molar-refractivity contribution in [3.63, 3.8) is 0 Å². The van der Waals surface area contributed by atoms with Gasteiger partial charge in [0.05, 0.1) is 5.56 Å². The minimum Gasteiger partial charge on any atom is -0.488 e. The maximum absolute atomic E-state index is 13.6. The third-order valence-electron chi connectivity index (χ3n) is 5.02. The number of ketones is 1. The second-order valence-corrected chi connectivity index (χ2v) is 7.17. The van der Waals surface area contributed by atoms with Gasteiger partial charge in [0.25, 0.3) is 0 Å². The summed E-state index contributed by atoms with van der Waals surface area (Å²) >= 11 is 0. The fraction of sp³-hybridized carbons (Fsp3) is 0.286. The van der Waals surface area contributed by atoms with E-state index < -0.39 is 24.3 Å². The highest BCUT2D eigenvalue weighted by Crippen LogP contribution is 2.46. The monoisotopic (exact) mass is 386 g/mol. The third-order valence-corrected chi connectivity index (χ3v) is 5.02. The standard InChI is InChI=1S/C21H19FO6/c1-21(2)15-8-12(26-9-17(24)27-10-23)4-6-13(15)19(25)18-14-5-3-11(22)7-16(14)28-20(18)21/h3-8,17,23-24H,9-10H2,1-2H3/t17-/m0/s1. The summed E-state index contributed by atoms with van der Waals surface area (Å²) in [6, 6.07) is 9.16. The van der Waals surface area contributed by atoms with E-state index in [-0.39, 0.29) is 12.4 Å². The maximum Gasteiger partial charge on any atom is 0.197 e. The number of hydrogen-bond acceptors (Lipinski definition) is 6. The Hall–Kier alpha value is -2.74. The molecule has 2 N–H and O–H groups in total. The molecule has 0 spiro atoms. The lowest BCUT2D eigenvalue weighted by Crippen LogP contribution is -2.29. The molecule has 146 valence electrons. The van der Waals surface area contributed by atoms with E-state index >= 15 is 0 Å². The summed E-state index contributed by atoms with van der Waals surface area (Å²) in [6.45, 7) is 3.04. The van der Waals surface area contributed by atoms with Crippen LogP contribution in [0.3, 0.4) is 0 Å². The zero-order valence-electron chi connectivity index (χ0n) is 15.4. The predicted octanol–water partition coefficient (Wildman–Crippen LogP) is 3.11. The van der Waals surface area contributed by atoms with Crippen LogP contribution in [0.5, 0.6) is 5.75 Å². The second kappa shape index (κ2) is 6.70. The number of ether oxygens (including phenoxy) is 2.